The van der Waals surface area contributed by atoms with E-state index in [-0.39, 0.29) is 6.04 Å². The highest BCUT2D eigenvalue weighted by Gasteiger charge is 2.18. The van der Waals surface area contributed by atoms with E-state index in [4.69, 9.17) is 5.26 Å². The van der Waals surface area contributed by atoms with Crippen LogP contribution in [0.3, 0.4) is 0 Å². The zero-order valence-electron chi connectivity index (χ0n) is 10.8. The molecule has 0 aliphatic rings. The van der Waals surface area contributed by atoms with E-state index in [0.29, 0.717) is 6.42 Å². The Kier molecular flexibility index (Phi) is 4.09. The average molecular weight is 216 g/mol. The van der Waals surface area contributed by atoms with E-state index in [9.17, 15) is 0 Å². The van der Waals surface area contributed by atoms with Crippen LogP contribution in [-0.2, 0) is 0 Å². The first-order valence-corrected chi connectivity index (χ1v) is 5.58. The molecule has 0 spiro atoms. The maximum atomic E-state index is 8.91. The van der Waals surface area contributed by atoms with Gasteiger partial charge in [0.2, 0.25) is 0 Å². The number of hydrogen-bond donors (Lipinski definition) is 0. The predicted molar refractivity (Wildman–Crippen MR) is 67.3 cm³/mol. The molecule has 1 aromatic carbocycles. The van der Waals surface area contributed by atoms with Gasteiger partial charge in [-0.05, 0) is 51.6 Å². The largest absolute Gasteiger partial charge is 0.301 e. The van der Waals surface area contributed by atoms with Crippen molar-refractivity contribution in [1.82, 2.24) is 4.90 Å². The first kappa shape index (κ1) is 12.7. The first-order valence-electron chi connectivity index (χ1n) is 5.58. The smallest absolute Gasteiger partial charge is 0.0641 e. The van der Waals surface area contributed by atoms with Gasteiger partial charge in [0.1, 0.15) is 0 Å². The van der Waals surface area contributed by atoms with Crippen molar-refractivity contribution in [3.63, 3.8) is 0 Å². The predicted octanol–water partition coefficient (Wildman–Crippen LogP) is 3.13. The second kappa shape index (κ2) is 5.14. The van der Waals surface area contributed by atoms with Crippen molar-refractivity contribution in [2.75, 3.05) is 14.1 Å². The van der Waals surface area contributed by atoms with Crippen molar-refractivity contribution in [3.05, 3.63) is 34.4 Å². The molecule has 0 saturated heterocycles. The van der Waals surface area contributed by atoms with Crippen LogP contribution in [0.15, 0.2) is 12.1 Å². The standard InChI is InChI=1S/C14H20N2/c1-10-8-11(2)14(12(3)9-10)13(6-7-15)16(4)5/h8-9,13H,6H2,1-5H3. The molecule has 0 heterocycles. The summed E-state index contributed by atoms with van der Waals surface area (Å²) in [6, 6.07) is 6.86. The van der Waals surface area contributed by atoms with E-state index in [1.54, 1.807) is 0 Å². The summed E-state index contributed by atoms with van der Waals surface area (Å²) in [6.45, 7) is 6.37. The van der Waals surface area contributed by atoms with Gasteiger partial charge in [0, 0.05) is 6.04 Å². The topological polar surface area (TPSA) is 27.0 Å². The summed E-state index contributed by atoms with van der Waals surface area (Å²) < 4.78 is 0. The summed E-state index contributed by atoms with van der Waals surface area (Å²) in [4.78, 5) is 2.12. The molecule has 16 heavy (non-hydrogen) atoms. The monoisotopic (exact) mass is 216 g/mol. The Bertz CT molecular complexity index is 390. The molecule has 0 amide bonds. The number of aryl methyl sites for hydroxylation is 3. The van der Waals surface area contributed by atoms with E-state index in [1.165, 1.54) is 22.3 Å². The van der Waals surface area contributed by atoms with Gasteiger partial charge >= 0.3 is 0 Å². The van der Waals surface area contributed by atoms with Crippen LogP contribution in [0.1, 0.15) is 34.7 Å². The van der Waals surface area contributed by atoms with Gasteiger partial charge in [-0.2, -0.15) is 5.26 Å². The molecule has 1 unspecified atom stereocenters. The fourth-order valence-electron chi connectivity index (χ4n) is 2.35. The minimum atomic E-state index is 0.200. The van der Waals surface area contributed by atoms with E-state index < -0.39 is 0 Å². The van der Waals surface area contributed by atoms with E-state index in [0.717, 1.165) is 0 Å². The lowest BCUT2D eigenvalue weighted by Gasteiger charge is -2.26. The molecule has 0 saturated carbocycles. The van der Waals surface area contributed by atoms with Crippen LogP contribution in [0, 0.1) is 32.1 Å². The molecule has 1 rings (SSSR count). The van der Waals surface area contributed by atoms with Crippen LogP contribution >= 0.6 is 0 Å². The Morgan fingerprint density at radius 1 is 1.19 bits per heavy atom. The van der Waals surface area contributed by atoms with Gasteiger partial charge in [-0.25, -0.2) is 0 Å². The van der Waals surface area contributed by atoms with Crippen LogP contribution in [0.2, 0.25) is 0 Å². The Labute approximate surface area is 98.5 Å². The third kappa shape index (κ3) is 2.62. The van der Waals surface area contributed by atoms with Gasteiger partial charge in [-0.1, -0.05) is 17.7 Å². The molecule has 1 atom stereocenters. The normalized spacial score (nSPS) is 12.6. The van der Waals surface area contributed by atoms with Gasteiger partial charge in [0.15, 0.2) is 0 Å². The van der Waals surface area contributed by atoms with Crippen molar-refractivity contribution in [2.24, 2.45) is 0 Å². The number of benzene rings is 1. The maximum absolute atomic E-state index is 8.91. The molecule has 0 aliphatic carbocycles. The summed E-state index contributed by atoms with van der Waals surface area (Å²) in [7, 11) is 4.06. The van der Waals surface area contributed by atoms with E-state index >= 15 is 0 Å². The lowest BCUT2D eigenvalue weighted by molar-refractivity contribution is 0.301. The van der Waals surface area contributed by atoms with E-state index in [2.05, 4.69) is 43.9 Å². The van der Waals surface area contributed by atoms with Gasteiger partial charge < -0.3 is 4.90 Å². The third-order valence-corrected chi connectivity index (χ3v) is 2.98. The molecular formula is C14H20N2. The minimum absolute atomic E-state index is 0.200. The van der Waals surface area contributed by atoms with Crippen LogP contribution in [0.25, 0.3) is 0 Å². The second-order valence-electron chi connectivity index (χ2n) is 4.65. The molecule has 0 N–H and O–H groups in total. The quantitative estimate of drug-likeness (QED) is 0.776. The van der Waals surface area contributed by atoms with Crippen LogP contribution < -0.4 is 0 Å². The van der Waals surface area contributed by atoms with Crippen LogP contribution in [0.5, 0.6) is 0 Å². The second-order valence-corrected chi connectivity index (χ2v) is 4.65. The molecule has 2 heteroatoms. The van der Waals surface area contributed by atoms with Gasteiger partial charge in [-0.3, -0.25) is 0 Å². The summed E-state index contributed by atoms with van der Waals surface area (Å²) in [5, 5.41) is 8.91. The first-order chi connectivity index (χ1) is 7.47. The fourth-order valence-corrected chi connectivity index (χ4v) is 2.35. The zero-order chi connectivity index (χ0) is 12.3. The van der Waals surface area contributed by atoms with Crippen molar-refractivity contribution in [2.45, 2.75) is 33.2 Å². The maximum Gasteiger partial charge on any atom is 0.0641 e. The Hall–Kier alpha value is -1.33. The third-order valence-electron chi connectivity index (χ3n) is 2.98. The molecular weight excluding hydrogens is 196 g/mol. The molecule has 0 fully saturated rings. The Morgan fingerprint density at radius 2 is 1.69 bits per heavy atom. The lowest BCUT2D eigenvalue weighted by Crippen LogP contribution is -2.21. The summed E-state index contributed by atoms with van der Waals surface area (Å²) >= 11 is 0. The van der Waals surface area contributed by atoms with E-state index in [1.807, 2.05) is 14.1 Å². The molecule has 1 aromatic rings. The van der Waals surface area contributed by atoms with Crippen LogP contribution in [-0.4, -0.2) is 19.0 Å². The number of nitriles is 1. The Balaban J connectivity index is 3.25. The van der Waals surface area contributed by atoms with Crippen molar-refractivity contribution in [3.8, 4) is 6.07 Å². The molecule has 86 valence electrons. The van der Waals surface area contributed by atoms with Crippen molar-refractivity contribution < 1.29 is 0 Å². The van der Waals surface area contributed by atoms with Crippen molar-refractivity contribution >= 4 is 0 Å². The minimum Gasteiger partial charge on any atom is -0.301 e. The molecule has 0 radical (unpaired) electrons. The van der Waals surface area contributed by atoms with Gasteiger partial charge in [-0.15, -0.1) is 0 Å². The number of hydrogen-bond acceptors (Lipinski definition) is 2. The fraction of sp³-hybridized carbons (Fsp3) is 0.500. The summed E-state index contributed by atoms with van der Waals surface area (Å²) in [5.41, 5.74) is 5.16. The van der Waals surface area contributed by atoms with Crippen LogP contribution in [0.4, 0.5) is 0 Å². The molecule has 2 nitrogen and oxygen atoms in total. The average Bonchev–Trinajstić information content (AvgIpc) is 2.14. The number of rotatable bonds is 3. The number of nitrogens with zero attached hydrogens (tertiary/aromatic N) is 2. The highest BCUT2D eigenvalue weighted by atomic mass is 15.1. The summed E-state index contributed by atoms with van der Waals surface area (Å²) in [5.74, 6) is 0. The highest BCUT2D eigenvalue weighted by molar-refractivity contribution is 5.40. The highest BCUT2D eigenvalue weighted by Crippen LogP contribution is 2.28. The lowest BCUT2D eigenvalue weighted by atomic mass is 9.92. The van der Waals surface area contributed by atoms with Gasteiger partial charge in [0.05, 0.1) is 12.5 Å². The van der Waals surface area contributed by atoms with Gasteiger partial charge in [0.25, 0.3) is 0 Å². The zero-order valence-corrected chi connectivity index (χ0v) is 10.8. The molecule has 0 aromatic heterocycles. The Morgan fingerprint density at radius 3 is 2.06 bits per heavy atom. The molecule has 0 bridgehead atoms. The van der Waals surface area contributed by atoms with Crippen molar-refractivity contribution in [1.29, 1.82) is 5.26 Å². The molecule has 0 aliphatic heterocycles. The summed E-state index contributed by atoms with van der Waals surface area (Å²) in [6.07, 6.45) is 0.539. The SMILES string of the molecule is Cc1cc(C)c(C(CC#N)N(C)C)c(C)c1.